The lowest BCUT2D eigenvalue weighted by Gasteiger charge is -2.21. The predicted molar refractivity (Wildman–Crippen MR) is 71.6 cm³/mol. The molecule has 102 valence electrons. The van der Waals surface area contributed by atoms with Crippen LogP contribution in [-0.4, -0.2) is 29.5 Å². The lowest BCUT2D eigenvalue weighted by molar-refractivity contribution is 0.125. The third kappa shape index (κ3) is 3.70. The minimum Gasteiger partial charge on any atom is -0.493 e. The first-order valence-corrected chi connectivity index (χ1v) is 6.44. The summed E-state index contributed by atoms with van der Waals surface area (Å²) < 4.78 is 5.51. The highest BCUT2D eigenvalue weighted by Gasteiger charge is 2.20. The molecule has 0 saturated heterocycles. The second-order valence-corrected chi connectivity index (χ2v) is 4.28. The molecule has 0 aliphatic heterocycles. The molecule has 0 radical (unpaired) electrons. The van der Waals surface area contributed by atoms with E-state index in [0.29, 0.717) is 24.3 Å². The van der Waals surface area contributed by atoms with Crippen molar-refractivity contribution in [1.29, 1.82) is 0 Å². The third-order valence-electron chi connectivity index (χ3n) is 2.97. The molecule has 1 aromatic rings. The fraction of sp³-hybridized carbons (Fsp3) is 0.571. The zero-order valence-electron chi connectivity index (χ0n) is 11.1. The van der Waals surface area contributed by atoms with E-state index in [1.807, 2.05) is 25.1 Å². The van der Waals surface area contributed by atoms with Crippen LogP contribution in [0.5, 0.6) is 5.75 Å². The van der Waals surface area contributed by atoms with E-state index < -0.39 is 12.1 Å². The maximum absolute atomic E-state index is 10.2. The number of ether oxygens (including phenoxy) is 1. The van der Waals surface area contributed by atoms with Crippen LogP contribution in [-0.2, 0) is 6.42 Å². The van der Waals surface area contributed by atoms with E-state index in [9.17, 15) is 5.11 Å². The SMILES string of the molecule is CCOc1ccc(CC)cc1C(O)C(N)CCO. The first kappa shape index (κ1) is 15.0. The van der Waals surface area contributed by atoms with Crippen LogP contribution < -0.4 is 10.5 Å². The van der Waals surface area contributed by atoms with E-state index in [1.54, 1.807) is 0 Å². The van der Waals surface area contributed by atoms with Crippen molar-refractivity contribution in [2.75, 3.05) is 13.2 Å². The molecular weight excluding hydrogens is 230 g/mol. The summed E-state index contributed by atoms with van der Waals surface area (Å²) in [4.78, 5) is 0. The van der Waals surface area contributed by atoms with Gasteiger partial charge in [-0.25, -0.2) is 0 Å². The van der Waals surface area contributed by atoms with Crippen LogP contribution in [0.4, 0.5) is 0 Å². The van der Waals surface area contributed by atoms with Crippen molar-refractivity contribution < 1.29 is 14.9 Å². The normalized spacial score (nSPS) is 14.3. The Kier molecular flexibility index (Phi) is 6.12. The Morgan fingerprint density at radius 2 is 2.06 bits per heavy atom. The monoisotopic (exact) mass is 253 g/mol. The molecule has 2 unspecified atom stereocenters. The molecule has 0 aromatic heterocycles. The summed E-state index contributed by atoms with van der Waals surface area (Å²) in [6.07, 6.45) is 0.440. The summed E-state index contributed by atoms with van der Waals surface area (Å²) in [5, 5.41) is 19.1. The van der Waals surface area contributed by atoms with Crippen LogP contribution in [0.25, 0.3) is 0 Å². The van der Waals surface area contributed by atoms with Gasteiger partial charge in [0.2, 0.25) is 0 Å². The fourth-order valence-corrected chi connectivity index (χ4v) is 1.87. The van der Waals surface area contributed by atoms with Crippen LogP contribution >= 0.6 is 0 Å². The van der Waals surface area contributed by atoms with Gasteiger partial charge in [-0.15, -0.1) is 0 Å². The number of aliphatic hydroxyl groups excluding tert-OH is 2. The Morgan fingerprint density at radius 3 is 2.61 bits per heavy atom. The van der Waals surface area contributed by atoms with Crippen LogP contribution in [0, 0.1) is 0 Å². The second-order valence-electron chi connectivity index (χ2n) is 4.28. The summed E-state index contributed by atoms with van der Waals surface area (Å²) in [5.74, 6) is 0.663. The minimum atomic E-state index is -0.815. The Bertz CT molecular complexity index is 368. The van der Waals surface area contributed by atoms with E-state index in [4.69, 9.17) is 15.6 Å². The molecule has 4 heteroatoms. The lowest BCUT2D eigenvalue weighted by Crippen LogP contribution is -2.29. The van der Waals surface area contributed by atoms with Gasteiger partial charge in [-0.2, -0.15) is 0 Å². The van der Waals surface area contributed by atoms with Crippen LogP contribution in [0.15, 0.2) is 18.2 Å². The first-order chi connectivity index (χ1) is 8.63. The Hall–Kier alpha value is -1.10. The summed E-state index contributed by atoms with van der Waals surface area (Å²) in [6.45, 7) is 4.47. The van der Waals surface area contributed by atoms with Crippen molar-refractivity contribution >= 4 is 0 Å². The maximum atomic E-state index is 10.2. The van der Waals surface area contributed by atoms with Crippen molar-refractivity contribution in [2.45, 2.75) is 38.8 Å². The average Bonchev–Trinajstić information content (AvgIpc) is 2.39. The molecule has 1 aromatic carbocycles. The van der Waals surface area contributed by atoms with Gasteiger partial charge in [-0.1, -0.05) is 13.0 Å². The van der Waals surface area contributed by atoms with Gasteiger partial charge in [0.25, 0.3) is 0 Å². The second kappa shape index (κ2) is 7.36. The number of nitrogens with two attached hydrogens (primary N) is 1. The molecule has 18 heavy (non-hydrogen) atoms. The van der Waals surface area contributed by atoms with Crippen molar-refractivity contribution in [3.05, 3.63) is 29.3 Å². The molecule has 1 rings (SSSR count). The molecule has 0 heterocycles. The summed E-state index contributed by atoms with van der Waals surface area (Å²) >= 11 is 0. The molecule has 0 aliphatic carbocycles. The molecule has 4 N–H and O–H groups in total. The summed E-state index contributed by atoms with van der Waals surface area (Å²) in [6, 6.07) is 5.29. The molecular formula is C14H23NO3. The van der Waals surface area contributed by atoms with Crippen LogP contribution in [0.3, 0.4) is 0 Å². The first-order valence-electron chi connectivity index (χ1n) is 6.44. The van der Waals surface area contributed by atoms with Crippen molar-refractivity contribution in [3.8, 4) is 5.75 Å². The molecule has 0 bridgehead atoms. The predicted octanol–water partition coefficient (Wildman–Crippen LogP) is 1.39. The molecule has 0 saturated carbocycles. The van der Waals surface area contributed by atoms with E-state index in [-0.39, 0.29) is 6.61 Å². The number of benzene rings is 1. The molecule has 4 nitrogen and oxygen atoms in total. The van der Waals surface area contributed by atoms with Gasteiger partial charge in [0.05, 0.1) is 12.7 Å². The highest BCUT2D eigenvalue weighted by Crippen LogP contribution is 2.29. The van der Waals surface area contributed by atoms with Crippen molar-refractivity contribution in [1.82, 2.24) is 0 Å². The molecule has 0 fully saturated rings. The standard InChI is InChI=1S/C14H23NO3/c1-3-10-5-6-13(18-4-2)11(9-10)14(17)12(15)7-8-16/h5-6,9,12,14,16-17H,3-4,7-8,15H2,1-2H3. The van der Waals surface area contributed by atoms with Crippen LogP contribution in [0.2, 0.25) is 0 Å². The molecule has 0 aliphatic rings. The smallest absolute Gasteiger partial charge is 0.125 e. The maximum Gasteiger partial charge on any atom is 0.125 e. The number of hydrogen-bond acceptors (Lipinski definition) is 4. The highest BCUT2D eigenvalue weighted by molar-refractivity contribution is 5.39. The van der Waals surface area contributed by atoms with Crippen molar-refractivity contribution in [2.24, 2.45) is 5.73 Å². The molecule has 0 amide bonds. The van der Waals surface area contributed by atoms with Crippen molar-refractivity contribution in [3.63, 3.8) is 0 Å². The Morgan fingerprint density at radius 1 is 1.33 bits per heavy atom. The van der Waals surface area contributed by atoms with E-state index >= 15 is 0 Å². The van der Waals surface area contributed by atoms with E-state index in [0.717, 1.165) is 12.0 Å². The van der Waals surface area contributed by atoms with Gasteiger partial charge >= 0.3 is 0 Å². The number of aryl methyl sites for hydroxylation is 1. The quantitative estimate of drug-likeness (QED) is 0.686. The van der Waals surface area contributed by atoms with Gasteiger partial charge in [0.1, 0.15) is 5.75 Å². The lowest BCUT2D eigenvalue weighted by atomic mass is 9.97. The zero-order chi connectivity index (χ0) is 13.5. The minimum absolute atomic E-state index is 0.0321. The van der Waals surface area contributed by atoms with E-state index in [2.05, 4.69) is 6.92 Å². The van der Waals surface area contributed by atoms with E-state index in [1.165, 1.54) is 0 Å². The summed E-state index contributed by atoms with van der Waals surface area (Å²) in [7, 11) is 0. The average molecular weight is 253 g/mol. The number of hydrogen-bond donors (Lipinski definition) is 3. The van der Waals surface area contributed by atoms with Gasteiger partial charge in [-0.3, -0.25) is 0 Å². The topological polar surface area (TPSA) is 75.7 Å². The Balaban J connectivity index is 3.01. The Labute approximate surface area is 108 Å². The molecule has 2 atom stereocenters. The van der Waals surface area contributed by atoms with Gasteiger partial charge in [0.15, 0.2) is 0 Å². The van der Waals surface area contributed by atoms with Gasteiger partial charge in [0, 0.05) is 18.2 Å². The van der Waals surface area contributed by atoms with Gasteiger partial charge in [-0.05, 0) is 37.5 Å². The highest BCUT2D eigenvalue weighted by atomic mass is 16.5. The number of rotatable bonds is 7. The number of aliphatic hydroxyl groups is 2. The molecule has 0 spiro atoms. The fourth-order valence-electron chi connectivity index (χ4n) is 1.87. The third-order valence-corrected chi connectivity index (χ3v) is 2.97. The summed E-state index contributed by atoms with van der Waals surface area (Å²) in [5.41, 5.74) is 7.68. The van der Waals surface area contributed by atoms with Gasteiger partial charge < -0.3 is 20.7 Å². The van der Waals surface area contributed by atoms with Crippen LogP contribution in [0.1, 0.15) is 37.5 Å². The largest absolute Gasteiger partial charge is 0.493 e. The zero-order valence-corrected chi connectivity index (χ0v) is 11.1.